The highest BCUT2D eigenvalue weighted by molar-refractivity contribution is 7.99. The van der Waals surface area contributed by atoms with Gasteiger partial charge in [-0.25, -0.2) is 9.97 Å². The Balaban J connectivity index is 2.20. The molecule has 0 unspecified atom stereocenters. The fourth-order valence-corrected chi connectivity index (χ4v) is 2.28. The van der Waals surface area contributed by atoms with Gasteiger partial charge in [0.15, 0.2) is 0 Å². The van der Waals surface area contributed by atoms with E-state index in [0.29, 0.717) is 0 Å². The number of halogens is 1. The molecule has 0 saturated heterocycles. The van der Waals surface area contributed by atoms with Crippen molar-refractivity contribution in [2.45, 2.75) is 6.92 Å². The van der Waals surface area contributed by atoms with Crippen molar-refractivity contribution in [3.05, 3.63) is 29.5 Å². The summed E-state index contributed by atoms with van der Waals surface area (Å²) in [7, 11) is 0. The lowest BCUT2D eigenvalue weighted by atomic mass is 10.2. The van der Waals surface area contributed by atoms with E-state index in [1.165, 1.54) is 0 Å². The molecule has 0 fully saturated rings. The van der Waals surface area contributed by atoms with E-state index >= 15 is 0 Å². The third-order valence-corrected chi connectivity index (χ3v) is 3.39. The van der Waals surface area contributed by atoms with Crippen LogP contribution in [0.5, 0.6) is 0 Å². The van der Waals surface area contributed by atoms with Crippen LogP contribution in [0.15, 0.2) is 24.3 Å². The largest absolute Gasteiger partial charge is 0.369 e. The molecule has 1 aromatic heterocycles. The molecular weight excluding hydrogens is 254 g/mol. The topological polar surface area (TPSA) is 37.8 Å². The number of rotatable bonds is 5. The van der Waals surface area contributed by atoms with Crippen molar-refractivity contribution in [1.82, 2.24) is 9.97 Å². The maximum atomic E-state index is 5.90. The van der Waals surface area contributed by atoms with Crippen molar-refractivity contribution in [2.24, 2.45) is 0 Å². The van der Waals surface area contributed by atoms with Gasteiger partial charge in [-0.2, -0.15) is 11.8 Å². The number of anilines is 1. The van der Waals surface area contributed by atoms with Gasteiger partial charge in [0.05, 0.1) is 5.52 Å². The van der Waals surface area contributed by atoms with Crippen molar-refractivity contribution in [2.75, 3.05) is 23.4 Å². The molecule has 0 bridgehead atoms. The van der Waals surface area contributed by atoms with Crippen LogP contribution < -0.4 is 5.32 Å². The minimum atomic E-state index is 0.286. The quantitative estimate of drug-likeness (QED) is 0.665. The van der Waals surface area contributed by atoms with E-state index in [4.69, 9.17) is 11.6 Å². The number of fused-ring (bicyclic) bond motifs is 1. The third-order valence-electron chi connectivity index (χ3n) is 2.32. The van der Waals surface area contributed by atoms with Crippen LogP contribution in [-0.4, -0.2) is 28.0 Å². The number of hydrogen-bond donors (Lipinski definition) is 1. The van der Waals surface area contributed by atoms with Crippen LogP contribution in [-0.2, 0) is 0 Å². The fourth-order valence-electron chi connectivity index (χ4n) is 1.57. The van der Waals surface area contributed by atoms with Crippen LogP contribution >= 0.6 is 23.4 Å². The maximum Gasteiger partial charge on any atom is 0.224 e. The van der Waals surface area contributed by atoms with Gasteiger partial charge in [0.25, 0.3) is 0 Å². The van der Waals surface area contributed by atoms with Crippen molar-refractivity contribution in [3.8, 4) is 0 Å². The summed E-state index contributed by atoms with van der Waals surface area (Å²) in [5, 5.41) is 4.61. The third kappa shape index (κ3) is 3.23. The molecule has 1 aromatic carbocycles. The summed E-state index contributed by atoms with van der Waals surface area (Å²) in [6.07, 6.45) is 0. The molecule has 90 valence electrons. The second-order valence-corrected chi connectivity index (χ2v) is 5.21. The number of aromatic nitrogens is 2. The van der Waals surface area contributed by atoms with Gasteiger partial charge in [-0.3, -0.25) is 0 Å². The van der Waals surface area contributed by atoms with Gasteiger partial charge >= 0.3 is 0 Å². The van der Waals surface area contributed by atoms with Gasteiger partial charge < -0.3 is 5.32 Å². The van der Waals surface area contributed by atoms with E-state index in [-0.39, 0.29) is 5.28 Å². The SMILES string of the molecule is CCSCCNc1nc(Cl)nc2ccccc12. The summed E-state index contributed by atoms with van der Waals surface area (Å²) in [4.78, 5) is 8.42. The van der Waals surface area contributed by atoms with Crippen LogP contribution in [0.3, 0.4) is 0 Å². The van der Waals surface area contributed by atoms with Gasteiger partial charge in [0.1, 0.15) is 5.82 Å². The first-order chi connectivity index (χ1) is 8.31. The van der Waals surface area contributed by atoms with E-state index in [2.05, 4.69) is 22.2 Å². The zero-order chi connectivity index (χ0) is 12.1. The Bertz CT molecular complexity index is 504. The fraction of sp³-hybridized carbons (Fsp3) is 0.333. The standard InChI is InChI=1S/C12H14ClN3S/c1-2-17-8-7-14-11-9-5-3-4-6-10(9)15-12(13)16-11/h3-6H,2,7-8H2,1H3,(H,14,15,16). The van der Waals surface area contributed by atoms with E-state index in [1.807, 2.05) is 36.0 Å². The lowest BCUT2D eigenvalue weighted by Crippen LogP contribution is -2.07. The van der Waals surface area contributed by atoms with E-state index in [1.54, 1.807) is 0 Å². The van der Waals surface area contributed by atoms with Gasteiger partial charge in [-0.05, 0) is 29.5 Å². The molecule has 5 heteroatoms. The summed E-state index contributed by atoms with van der Waals surface area (Å²) in [5.41, 5.74) is 0.873. The molecule has 17 heavy (non-hydrogen) atoms. The maximum absolute atomic E-state index is 5.90. The summed E-state index contributed by atoms with van der Waals surface area (Å²) < 4.78 is 0. The summed E-state index contributed by atoms with van der Waals surface area (Å²) in [6.45, 7) is 3.04. The lowest BCUT2D eigenvalue weighted by molar-refractivity contribution is 1.15. The van der Waals surface area contributed by atoms with Crippen molar-refractivity contribution in [1.29, 1.82) is 0 Å². The molecule has 0 spiro atoms. The Hall–Kier alpha value is -1.00. The molecule has 0 atom stereocenters. The normalized spacial score (nSPS) is 10.7. The van der Waals surface area contributed by atoms with Gasteiger partial charge in [0.2, 0.25) is 5.28 Å². The zero-order valence-corrected chi connectivity index (χ0v) is 11.2. The Morgan fingerprint density at radius 3 is 2.94 bits per heavy atom. The first-order valence-electron chi connectivity index (χ1n) is 5.55. The predicted octanol–water partition coefficient (Wildman–Crippen LogP) is 3.45. The lowest BCUT2D eigenvalue weighted by Gasteiger charge is -2.08. The molecule has 0 aliphatic heterocycles. The molecule has 0 saturated carbocycles. The molecule has 1 heterocycles. The first kappa shape index (κ1) is 12.5. The smallest absolute Gasteiger partial charge is 0.224 e. The summed E-state index contributed by atoms with van der Waals surface area (Å²) >= 11 is 7.79. The number of hydrogen-bond acceptors (Lipinski definition) is 4. The number of para-hydroxylation sites is 1. The molecule has 2 rings (SSSR count). The van der Waals surface area contributed by atoms with Crippen molar-refractivity contribution < 1.29 is 0 Å². The van der Waals surface area contributed by atoms with Crippen LogP contribution in [0.4, 0.5) is 5.82 Å². The molecule has 1 N–H and O–H groups in total. The van der Waals surface area contributed by atoms with Gasteiger partial charge in [0, 0.05) is 17.7 Å². The second-order valence-electron chi connectivity index (χ2n) is 3.48. The van der Waals surface area contributed by atoms with Crippen LogP contribution in [0.2, 0.25) is 5.28 Å². The second kappa shape index (κ2) is 6.07. The molecule has 0 aliphatic rings. The first-order valence-corrected chi connectivity index (χ1v) is 7.08. The minimum Gasteiger partial charge on any atom is -0.369 e. The van der Waals surface area contributed by atoms with Gasteiger partial charge in [-0.15, -0.1) is 0 Å². The zero-order valence-electron chi connectivity index (χ0n) is 9.61. The van der Waals surface area contributed by atoms with E-state index < -0.39 is 0 Å². The van der Waals surface area contributed by atoms with E-state index in [0.717, 1.165) is 34.8 Å². The molecule has 0 radical (unpaired) electrons. The summed E-state index contributed by atoms with van der Waals surface area (Å²) in [6, 6.07) is 7.86. The highest BCUT2D eigenvalue weighted by Crippen LogP contribution is 2.21. The Morgan fingerprint density at radius 1 is 1.29 bits per heavy atom. The van der Waals surface area contributed by atoms with Crippen LogP contribution in [0.1, 0.15) is 6.92 Å². The predicted molar refractivity (Wildman–Crippen MR) is 76.0 cm³/mol. The Labute approximate surface area is 110 Å². The van der Waals surface area contributed by atoms with Gasteiger partial charge in [-0.1, -0.05) is 19.1 Å². The molecule has 0 amide bonds. The Kier molecular flexibility index (Phi) is 4.45. The van der Waals surface area contributed by atoms with Crippen molar-refractivity contribution >= 4 is 40.1 Å². The van der Waals surface area contributed by atoms with E-state index in [9.17, 15) is 0 Å². The highest BCUT2D eigenvalue weighted by atomic mass is 35.5. The monoisotopic (exact) mass is 267 g/mol. The highest BCUT2D eigenvalue weighted by Gasteiger charge is 2.04. The molecule has 2 aromatic rings. The average molecular weight is 268 g/mol. The Morgan fingerprint density at radius 2 is 2.12 bits per heavy atom. The van der Waals surface area contributed by atoms with Crippen molar-refractivity contribution in [3.63, 3.8) is 0 Å². The number of nitrogens with zero attached hydrogens (tertiary/aromatic N) is 2. The number of thioether (sulfide) groups is 1. The van der Waals surface area contributed by atoms with Crippen LogP contribution in [0, 0.1) is 0 Å². The minimum absolute atomic E-state index is 0.286. The molecule has 0 aliphatic carbocycles. The summed E-state index contributed by atoms with van der Waals surface area (Å²) in [5.74, 6) is 3.01. The molecular formula is C12H14ClN3S. The number of nitrogens with one attached hydrogen (secondary N) is 1. The molecule has 3 nitrogen and oxygen atoms in total. The van der Waals surface area contributed by atoms with Crippen LogP contribution in [0.25, 0.3) is 10.9 Å². The average Bonchev–Trinajstić information content (AvgIpc) is 2.34. The number of benzene rings is 1.